The van der Waals surface area contributed by atoms with E-state index in [2.05, 4.69) is 98.9 Å². The van der Waals surface area contributed by atoms with E-state index in [0.717, 1.165) is 24.6 Å². The molecule has 2 nitrogen and oxygen atoms in total. The molecule has 1 unspecified atom stereocenters. The van der Waals surface area contributed by atoms with Gasteiger partial charge in [-0.3, -0.25) is 4.99 Å². The number of hydrogen-bond donors (Lipinski definition) is 0. The van der Waals surface area contributed by atoms with Crippen molar-refractivity contribution in [2.45, 2.75) is 66.0 Å². The topological polar surface area (TPSA) is 15.6 Å². The Bertz CT molecular complexity index is 1380. The lowest BCUT2D eigenvalue weighted by molar-refractivity contribution is 0.502. The number of hydrogen-bond acceptors (Lipinski definition) is 6. The molecule has 39 heavy (non-hydrogen) atoms. The van der Waals surface area contributed by atoms with Crippen molar-refractivity contribution < 1.29 is 0 Å². The van der Waals surface area contributed by atoms with Crippen LogP contribution in [0.4, 0.5) is 5.69 Å². The van der Waals surface area contributed by atoms with Gasteiger partial charge < -0.3 is 4.90 Å². The number of allylic oxidation sites excluding steroid dienone is 6. The summed E-state index contributed by atoms with van der Waals surface area (Å²) in [6.45, 7) is 8.39. The Morgan fingerprint density at radius 3 is 2.54 bits per heavy atom. The molecule has 0 saturated heterocycles. The van der Waals surface area contributed by atoms with Crippen molar-refractivity contribution in [3.8, 4) is 0 Å². The van der Waals surface area contributed by atoms with Crippen LogP contribution in [-0.2, 0) is 0 Å². The second kappa shape index (κ2) is 13.3. The molecule has 2 aliphatic carbocycles. The Balaban J connectivity index is 1.38. The van der Waals surface area contributed by atoms with E-state index in [1.54, 1.807) is 23.5 Å². The van der Waals surface area contributed by atoms with Gasteiger partial charge in [0.25, 0.3) is 0 Å². The minimum atomic E-state index is 0.685. The molecular formula is C33H38N2S4. The number of benzene rings is 2. The fourth-order valence-electron chi connectivity index (χ4n) is 5.43. The van der Waals surface area contributed by atoms with Crippen molar-refractivity contribution >= 4 is 57.8 Å². The van der Waals surface area contributed by atoms with Gasteiger partial charge in [0.05, 0.1) is 15.8 Å². The molecule has 204 valence electrons. The summed E-state index contributed by atoms with van der Waals surface area (Å²) in [6, 6.07) is 13.6. The number of fused-ring (bicyclic) bond motifs is 2. The van der Waals surface area contributed by atoms with Crippen molar-refractivity contribution in [1.29, 1.82) is 0 Å². The van der Waals surface area contributed by atoms with Gasteiger partial charge in [-0.1, -0.05) is 35.7 Å². The van der Waals surface area contributed by atoms with E-state index in [-0.39, 0.29) is 0 Å². The number of aryl methyl sites for hydroxylation is 1. The molecule has 1 atom stereocenters. The molecule has 0 bridgehead atoms. The van der Waals surface area contributed by atoms with Crippen LogP contribution in [0.3, 0.4) is 0 Å². The molecule has 6 heteroatoms. The van der Waals surface area contributed by atoms with E-state index in [9.17, 15) is 0 Å². The third kappa shape index (κ3) is 6.78. The molecular weight excluding hydrogens is 553 g/mol. The van der Waals surface area contributed by atoms with Crippen molar-refractivity contribution in [3.63, 3.8) is 0 Å². The lowest BCUT2D eigenvalue weighted by atomic mass is 9.77. The van der Waals surface area contributed by atoms with E-state index in [0.29, 0.717) is 5.92 Å². The number of nitrogens with zero attached hydrogens (tertiary/aromatic N) is 2. The fraction of sp³-hybridized carbons (Fsp3) is 0.364. The van der Waals surface area contributed by atoms with Crippen LogP contribution in [0.25, 0.3) is 0 Å². The monoisotopic (exact) mass is 590 g/mol. The first-order valence-electron chi connectivity index (χ1n) is 13.9. The van der Waals surface area contributed by atoms with Gasteiger partial charge in [-0.25, -0.2) is 0 Å². The highest BCUT2D eigenvalue weighted by atomic mass is 32.2. The van der Waals surface area contributed by atoms with E-state index < -0.39 is 0 Å². The summed E-state index contributed by atoms with van der Waals surface area (Å²) in [4.78, 5) is 12.7. The zero-order valence-electron chi connectivity index (χ0n) is 23.6. The van der Waals surface area contributed by atoms with Crippen molar-refractivity contribution in [1.82, 2.24) is 0 Å². The first-order chi connectivity index (χ1) is 19.0. The van der Waals surface area contributed by atoms with Crippen LogP contribution in [0.2, 0.25) is 0 Å². The summed E-state index contributed by atoms with van der Waals surface area (Å²) in [5.74, 6) is 0.685. The number of rotatable bonds is 7. The van der Waals surface area contributed by atoms with Crippen LogP contribution < -0.4 is 4.90 Å². The molecule has 5 rings (SSSR count). The van der Waals surface area contributed by atoms with Gasteiger partial charge in [0.1, 0.15) is 0 Å². The molecule has 2 aromatic rings. The molecule has 1 heterocycles. The van der Waals surface area contributed by atoms with Gasteiger partial charge in [0, 0.05) is 32.7 Å². The predicted octanol–water partition coefficient (Wildman–Crippen LogP) is 10.4. The Kier molecular flexibility index (Phi) is 9.81. The van der Waals surface area contributed by atoms with E-state index >= 15 is 0 Å². The maximum Gasteiger partial charge on any atom is 0.0954 e. The Labute approximate surface area is 252 Å². The summed E-state index contributed by atoms with van der Waals surface area (Å²) in [7, 11) is 0. The quantitative estimate of drug-likeness (QED) is 0.180. The zero-order chi connectivity index (χ0) is 27.4. The van der Waals surface area contributed by atoms with Crippen LogP contribution >= 0.6 is 47.0 Å². The smallest absolute Gasteiger partial charge is 0.0954 e. The normalized spacial score (nSPS) is 21.2. The summed E-state index contributed by atoms with van der Waals surface area (Å²) in [6.07, 6.45) is 18.8. The molecule has 0 N–H and O–H groups in total. The molecule has 0 spiro atoms. The minimum Gasteiger partial charge on any atom is -0.335 e. The third-order valence-electron chi connectivity index (χ3n) is 7.52. The zero-order valence-corrected chi connectivity index (χ0v) is 26.9. The molecule has 0 amide bonds. The van der Waals surface area contributed by atoms with Gasteiger partial charge in [0.15, 0.2) is 0 Å². The summed E-state index contributed by atoms with van der Waals surface area (Å²) < 4.78 is 0. The number of anilines is 1. The van der Waals surface area contributed by atoms with Gasteiger partial charge in [-0.05, 0) is 136 Å². The van der Waals surface area contributed by atoms with Gasteiger partial charge in [-0.2, -0.15) is 0 Å². The Hall–Kier alpha value is -1.73. The number of aliphatic imine (C=N–C) groups is 1. The second-order valence-corrected chi connectivity index (χ2v) is 13.9. The van der Waals surface area contributed by atoms with Gasteiger partial charge >= 0.3 is 0 Å². The van der Waals surface area contributed by atoms with Crippen LogP contribution in [0.5, 0.6) is 0 Å². The van der Waals surface area contributed by atoms with Crippen LogP contribution in [0.15, 0.2) is 107 Å². The molecule has 3 aliphatic rings. The van der Waals surface area contributed by atoms with E-state index in [4.69, 9.17) is 4.99 Å². The maximum atomic E-state index is 4.87. The average Bonchev–Trinajstić information content (AvgIpc) is 3.29. The fourth-order valence-corrected chi connectivity index (χ4v) is 8.54. The van der Waals surface area contributed by atoms with Crippen LogP contribution in [0, 0.1) is 12.8 Å². The summed E-state index contributed by atoms with van der Waals surface area (Å²) in [5, 5.41) is 2.48. The Morgan fingerprint density at radius 1 is 1.03 bits per heavy atom. The molecule has 0 fully saturated rings. The molecule has 0 radical (unpaired) electrons. The summed E-state index contributed by atoms with van der Waals surface area (Å²) in [5.41, 5.74) is 7.04. The van der Waals surface area contributed by atoms with Gasteiger partial charge in [-0.15, -0.1) is 23.5 Å². The van der Waals surface area contributed by atoms with Crippen molar-refractivity contribution in [3.05, 3.63) is 88.0 Å². The lowest BCUT2D eigenvalue weighted by Gasteiger charge is -2.29. The average molecular weight is 591 g/mol. The molecule has 1 aliphatic heterocycles. The SMILES string of the molecule is CCN=C(/C=C1/C=C2C=C(/C=C3\Sc4ccc(SC)cc4N3CC)CCC2CC1)Sc1ccc(SC)cc1C. The highest BCUT2D eigenvalue weighted by molar-refractivity contribution is 8.14. The summed E-state index contributed by atoms with van der Waals surface area (Å²) >= 11 is 7.33. The largest absolute Gasteiger partial charge is 0.335 e. The first kappa shape index (κ1) is 28.8. The molecule has 0 aromatic heterocycles. The lowest BCUT2D eigenvalue weighted by Crippen LogP contribution is -2.17. The predicted molar refractivity (Wildman–Crippen MR) is 178 cm³/mol. The second-order valence-electron chi connectivity index (χ2n) is 10.1. The van der Waals surface area contributed by atoms with Crippen molar-refractivity contribution in [2.24, 2.45) is 10.9 Å². The Morgan fingerprint density at radius 2 is 1.79 bits per heavy atom. The third-order valence-corrected chi connectivity index (χ3v) is 11.2. The van der Waals surface area contributed by atoms with Gasteiger partial charge in [0.2, 0.25) is 0 Å². The van der Waals surface area contributed by atoms with Crippen LogP contribution in [-0.4, -0.2) is 30.6 Å². The molecule has 2 aromatic carbocycles. The van der Waals surface area contributed by atoms with E-state index in [1.165, 1.54) is 71.8 Å². The minimum absolute atomic E-state index is 0.685. The first-order valence-corrected chi connectivity index (χ1v) is 17.9. The van der Waals surface area contributed by atoms with Crippen molar-refractivity contribution in [2.75, 3.05) is 30.5 Å². The number of thioether (sulfide) groups is 4. The maximum absolute atomic E-state index is 4.87. The highest BCUT2D eigenvalue weighted by Gasteiger charge is 2.27. The standard InChI is InChI=1S/C33H38N2S4/c1-6-34-32(38-30-14-12-27(36-4)16-22(30)3)19-23-8-10-25-11-9-24(18-26(25)17-23)20-33-35(7-2)29-21-28(37-5)13-15-31(29)39-33/h12-21,25H,6-11H2,1-5H3/b23-19+,33-20-,34-32?. The highest BCUT2D eigenvalue weighted by Crippen LogP contribution is 2.48. The molecule has 0 saturated carbocycles. The van der Waals surface area contributed by atoms with E-state index in [1.807, 2.05) is 23.5 Å². The van der Waals surface area contributed by atoms with Crippen LogP contribution in [0.1, 0.15) is 45.1 Å².